The van der Waals surface area contributed by atoms with Gasteiger partial charge in [0, 0.05) is 5.56 Å². The van der Waals surface area contributed by atoms with Crippen LogP contribution >= 0.6 is 23.1 Å². The van der Waals surface area contributed by atoms with Crippen molar-refractivity contribution in [3.63, 3.8) is 0 Å². The highest BCUT2D eigenvalue weighted by atomic mass is 32.2. The molecule has 0 aliphatic carbocycles. The number of thioether (sulfide) groups is 1. The van der Waals surface area contributed by atoms with Gasteiger partial charge in [-0.15, -0.1) is 20.4 Å². The summed E-state index contributed by atoms with van der Waals surface area (Å²) < 4.78 is 6.48. The molecular weight excluding hydrogens is 294 g/mol. The molecule has 0 unspecified atom stereocenters. The van der Waals surface area contributed by atoms with Gasteiger partial charge in [-0.05, 0) is 19.1 Å². The lowest BCUT2D eigenvalue weighted by Gasteiger charge is -2.01. The van der Waals surface area contributed by atoms with Crippen LogP contribution in [0.1, 0.15) is 18.1 Å². The van der Waals surface area contributed by atoms with Gasteiger partial charge in [-0.1, -0.05) is 41.3 Å². The number of nitrogen functional groups attached to an aromatic ring is 1. The smallest absolute Gasteiger partial charge is 0.247 e. The van der Waals surface area contributed by atoms with Gasteiger partial charge >= 0.3 is 0 Å². The molecule has 102 valence electrons. The fourth-order valence-electron chi connectivity index (χ4n) is 1.57. The predicted molar refractivity (Wildman–Crippen MR) is 78.3 cm³/mol. The van der Waals surface area contributed by atoms with Crippen molar-refractivity contribution in [2.45, 2.75) is 16.5 Å². The van der Waals surface area contributed by atoms with Crippen molar-refractivity contribution in [1.82, 2.24) is 20.4 Å². The molecule has 20 heavy (non-hydrogen) atoms. The molecule has 1 atom stereocenters. The minimum Gasteiger partial charge on any atom is -0.419 e. The van der Waals surface area contributed by atoms with E-state index in [1.54, 1.807) is 0 Å². The molecule has 0 fully saturated rings. The van der Waals surface area contributed by atoms with Crippen LogP contribution in [0.2, 0.25) is 0 Å². The van der Waals surface area contributed by atoms with E-state index in [0.717, 1.165) is 9.90 Å². The number of rotatable bonds is 4. The number of hydrogen-bond donors (Lipinski definition) is 1. The quantitative estimate of drug-likeness (QED) is 0.741. The average Bonchev–Trinajstić information content (AvgIpc) is 3.09. The van der Waals surface area contributed by atoms with Crippen LogP contribution < -0.4 is 5.73 Å². The van der Waals surface area contributed by atoms with E-state index in [9.17, 15) is 0 Å². The zero-order chi connectivity index (χ0) is 13.9. The van der Waals surface area contributed by atoms with Crippen LogP contribution in [0.4, 0.5) is 5.13 Å². The topological polar surface area (TPSA) is 90.7 Å². The zero-order valence-electron chi connectivity index (χ0n) is 10.6. The standard InChI is InChI=1S/C12H11N5OS2/c1-7(19-12-17-16-11(13)20-12)9-14-15-10(18-9)8-5-3-2-4-6-8/h2-7H,1H3,(H2,13,16)/t7-/m0/s1. The maximum absolute atomic E-state index is 5.69. The van der Waals surface area contributed by atoms with Crippen LogP contribution in [0.5, 0.6) is 0 Å². The highest BCUT2D eigenvalue weighted by Gasteiger charge is 2.18. The van der Waals surface area contributed by atoms with E-state index in [1.165, 1.54) is 23.1 Å². The first-order chi connectivity index (χ1) is 9.72. The molecule has 8 heteroatoms. The summed E-state index contributed by atoms with van der Waals surface area (Å²) in [6, 6.07) is 9.67. The molecule has 0 spiro atoms. The summed E-state index contributed by atoms with van der Waals surface area (Å²) in [4.78, 5) is 0. The van der Waals surface area contributed by atoms with Crippen molar-refractivity contribution in [1.29, 1.82) is 0 Å². The summed E-state index contributed by atoms with van der Waals surface area (Å²) in [6.07, 6.45) is 0. The van der Waals surface area contributed by atoms with Crippen molar-refractivity contribution in [3.05, 3.63) is 36.2 Å². The van der Waals surface area contributed by atoms with Crippen LogP contribution in [0.25, 0.3) is 11.5 Å². The second-order valence-corrected chi connectivity index (χ2v) is 6.57. The van der Waals surface area contributed by atoms with Gasteiger partial charge in [-0.2, -0.15) is 0 Å². The van der Waals surface area contributed by atoms with E-state index >= 15 is 0 Å². The fraction of sp³-hybridized carbons (Fsp3) is 0.167. The largest absolute Gasteiger partial charge is 0.419 e. The maximum atomic E-state index is 5.69. The van der Waals surface area contributed by atoms with Gasteiger partial charge in [0.1, 0.15) is 0 Å². The minimum absolute atomic E-state index is 0.00712. The predicted octanol–water partition coefficient (Wildman–Crippen LogP) is 3.02. The average molecular weight is 305 g/mol. The molecule has 0 bridgehead atoms. The minimum atomic E-state index is -0.00712. The summed E-state index contributed by atoms with van der Waals surface area (Å²) in [6.45, 7) is 1.98. The van der Waals surface area contributed by atoms with Crippen molar-refractivity contribution in [2.75, 3.05) is 5.73 Å². The Morgan fingerprint density at radius 1 is 1.15 bits per heavy atom. The third-order valence-corrected chi connectivity index (χ3v) is 4.43. The Bertz CT molecular complexity index is 697. The molecule has 3 aromatic rings. The van der Waals surface area contributed by atoms with E-state index in [1.807, 2.05) is 37.3 Å². The first-order valence-corrected chi connectivity index (χ1v) is 7.56. The molecule has 0 aliphatic rings. The first kappa shape index (κ1) is 13.1. The highest BCUT2D eigenvalue weighted by molar-refractivity contribution is 8.01. The third-order valence-electron chi connectivity index (χ3n) is 2.51. The Hall–Kier alpha value is -1.93. The first-order valence-electron chi connectivity index (χ1n) is 5.87. The Morgan fingerprint density at radius 3 is 2.65 bits per heavy atom. The Morgan fingerprint density at radius 2 is 1.95 bits per heavy atom. The number of benzene rings is 1. The summed E-state index contributed by atoms with van der Waals surface area (Å²) >= 11 is 2.84. The number of nitrogens with zero attached hydrogens (tertiary/aromatic N) is 4. The van der Waals surface area contributed by atoms with E-state index < -0.39 is 0 Å². The van der Waals surface area contributed by atoms with Gasteiger partial charge in [0.25, 0.3) is 0 Å². The van der Waals surface area contributed by atoms with Gasteiger partial charge in [0.2, 0.25) is 16.9 Å². The molecule has 0 aliphatic heterocycles. The molecule has 2 N–H and O–H groups in total. The Labute approximate surface area is 123 Å². The lowest BCUT2D eigenvalue weighted by molar-refractivity contribution is 0.509. The van der Waals surface area contributed by atoms with Crippen molar-refractivity contribution in [2.24, 2.45) is 0 Å². The van der Waals surface area contributed by atoms with Gasteiger partial charge in [0.15, 0.2) is 4.34 Å². The number of nitrogens with two attached hydrogens (primary N) is 1. The van der Waals surface area contributed by atoms with Crippen LogP contribution in [-0.4, -0.2) is 20.4 Å². The molecular formula is C12H11N5OS2. The summed E-state index contributed by atoms with van der Waals surface area (Å²) in [5.74, 6) is 1.08. The number of hydrogen-bond acceptors (Lipinski definition) is 8. The van der Waals surface area contributed by atoms with Crippen molar-refractivity contribution < 1.29 is 4.42 Å². The molecule has 3 rings (SSSR count). The zero-order valence-corrected chi connectivity index (χ0v) is 12.2. The molecule has 2 heterocycles. The van der Waals surface area contributed by atoms with E-state index in [2.05, 4.69) is 20.4 Å². The Balaban J connectivity index is 1.76. The lowest BCUT2D eigenvalue weighted by Crippen LogP contribution is -1.88. The summed E-state index contributed by atoms with van der Waals surface area (Å²) in [5.41, 5.74) is 6.46. The monoisotopic (exact) mass is 305 g/mol. The SMILES string of the molecule is C[C@H](Sc1nnc(N)s1)c1nnc(-c2ccccc2)o1. The van der Waals surface area contributed by atoms with E-state index in [-0.39, 0.29) is 5.25 Å². The van der Waals surface area contributed by atoms with E-state index in [4.69, 9.17) is 10.2 Å². The maximum Gasteiger partial charge on any atom is 0.247 e. The molecule has 2 aromatic heterocycles. The molecule has 6 nitrogen and oxygen atoms in total. The highest BCUT2D eigenvalue weighted by Crippen LogP contribution is 2.36. The number of anilines is 1. The Kier molecular flexibility index (Phi) is 3.66. The van der Waals surface area contributed by atoms with Crippen molar-refractivity contribution >= 4 is 28.2 Å². The van der Waals surface area contributed by atoms with E-state index in [0.29, 0.717) is 16.9 Å². The molecule has 0 saturated heterocycles. The molecule has 0 saturated carbocycles. The van der Waals surface area contributed by atoms with Crippen LogP contribution in [0.15, 0.2) is 39.1 Å². The normalized spacial score (nSPS) is 12.4. The van der Waals surface area contributed by atoms with Gasteiger partial charge < -0.3 is 10.2 Å². The van der Waals surface area contributed by atoms with Gasteiger partial charge in [0.05, 0.1) is 5.25 Å². The van der Waals surface area contributed by atoms with Gasteiger partial charge in [-0.3, -0.25) is 0 Å². The lowest BCUT2D eigenvalue weighted by atomic mass is 10.2. The fourth-order valence-corrected chi connectivity index (χ4v) is 3.38. The molecule has 0 radical (unpaired) electrons. The van der Waals surface area contributed by atoms with Crippen LogP contribution in [0, 0.1) is 0 Å². The molecule has 0 amide bonds. The second-order valence-electron chi connectivity index (χ2n) is 3.98. The van der Waals surface area contributed by atoms with Crippen LogP contribution in [0.3, 0.4) is 0 Å². The summed E-state index contributed by atoms with van der Waals surface area (Å²) in [5, 5.41) is 16.3. The molecule has 1 aromatic carbocycles. The van der Waals surface area contributed by atoms with Gasteiger partial charge in [-0.25, -0.2) is 0 Å². The second kappa shape index (κ2) is 5.59. The summed E-state index contributed by atoms with van der Waals surface area (Å²) in [7, 11) is 0. The van der Waals surface area contributed by atoms with Crippen molar-refractivity contribution in [3.8, 4) is 11.5 Å². The number of aromatic nitrogens is 4. The van der Waals surface area contributed by atoms with Crippen LogP contribution in [-0.2, 0) is 0 Å². The third kappa shape index (κ3) is 2.81.